The zero-order valence-electron chi connectivity index (χ0n) is 14.9. The molecule has 1 saturated heterocycles. The van der Waals surface area contributed by atoms with E-state index in [1.165, 1.54) is 24.2 Å². The molecular formula is C21H21N3O2S. The third kappa shape index (κ3) is 3.09. The first-order valence-electron chi connectivity index (χ1n) is 9.44. The molecule has 0 atom stereocenters. The van der Waals surface area contributed by atoms with Crippen LogP contribution in [0.5, 0.6) is 0 Å². The van der Waals surface area contributed by atoms with Crippen LogP contribution in [-0.4, -0.2) is 29.5 Å². The van der Waals surface area contributed by atoms with E-state index in [9.17, 15) is 9.59 Å². The monoisotopic (exact) mass is 379 g/mol. The molecule has 138 valence electrons. The van der Waals surface area contributed by atoms with Crippen LogP contribution in [0.1, 0.15) is 28.8 Å². The largest absolute Gasteiger partial charge is 0.371 e. The molecule has 0 spiro atoms. The number of benzene rings is 1. The Morgan fingerprint density at radius 1 is 1.15 bits per heavy atom. The Kier molecular flexibility index (Phi) is 4.10. The first-order valence-corrected chi connectivity index (χ1v) is 10.3. The second-order valence-electron chi connectivity index (χ2n) is 7.45. The van der Waals surface area contributed by atoms with Gasteiger partial charge < -0.3 is 10.6 Å². The molecule has 3 aromatic rings. The number of nitrogens with zero attached hydrogens (tertiary/aromatic N) is 1. The van der Waals surface area contributed by atoms with E-state index in [0.29, 0.717) is 23.1 Å². The summed E-state index contributed by atoms with van der Waals surface area (Å²) in [6.45, 7) is 2.53. The highest BCUT2D eigenvalue weighted by Gasteiger charge is 2.28. The quantitative estimate of drug-likeness (QED) is 0.646. The Morgan fingerprint density at radius 3 is 2.59 bits per heavy atom. The van der Waals surface area contributed by atoms with Gasteiger partial charge in [0.05, 0.1) is 11.6 Å². The van der Waals surface area contributed by atoms with Gasteiger partial charge in [0.2, 0.25) is 0 Å². The molecule has 3 heterocycles. The average Bonchev–Trinajstić information content (AvgIpc) is 3.40. The van der Waals surface area contributed by atoms with Crippen molar-refractivity contribution in [3.8, 4) is 0 Å². The van der Waals surface area contributed by atoms with Crippen LogP contribution in [0.2, 0.25) is 0 Å². The standard InChI is InChI=1S/C21H21N3O2S/c25-17-9-8-16-18(19(26)14-4-2-1-3-5-14)20(23-15-10-22-11-15)27-21(16)24(17)12-13-6-7-13/h1-5,8-9,13,15,22-23H,6-7,10-12H2. The van der Waals surface area contributed by atoms with Gasteiger partial charge in [-0.3, -0.25) is 14.2 Å². The van der Waals surface area contributed by atoms with Crippen molar-refractivity contribution < 1.29 is 4.79 Å². The zero-order chi connectivity index (χ0) is 18.4. The fourth-order valence-corrected chi connectivity index (χ4v) is 4.78. The zero-order valence-corrected chi connectivity index (χ0v) is 15.7. The molecule has 6 heteroatoms. The predicted molar refractivity (Wildman–Crippen MR) is 109 cm³/mol. The van der Waals surface area contributed by atoms with Crippen molar-refractivity contribution in [3.63, 3.8) is 0 Å². The highest BCUT2D eigenvalue weighted by atomic mass is 32.1. The number of fused-ring (bicyclic) bond motifs is 1. The molecule has 0 unspecified atom stereocenters. The topological polar surface area (TPSA) is 63.1 Å². The molecule has 0 bridgehead atoms. The van der Waals surface area contributed by atoms with Crippen LogP contribution in [0.3, 0.4) is 0 Å². The molecule has 5 rings (SSSR count). The van der Waals surface area contributed by atoms with E-state index in [1.54, 1.807) is 6.07 Å². The normalized spacial score (nSPS) is 17.0. The third-order valence-electron chi connectivity index (χ3n) is 5.35. The Morgan fingerprint density at radius 2 is 1.93 bits per heavy atom. The summed E-state index contributed by atoms with van der Waals surface area (Å²) in [6, 6.07) is 13.1. The molecule has 1 aliphatic heterocycles. The average molecular weight is 379 g/mol. The SMILES string of the molecule is O=C(c1ccccc1)c1c(NC2CNC2)sc2c1ccc(=O)n2CC1CC1. The number of thiophene rings is 1. The Labute approximate surface area is 161 Å². The van der Waals surface area contributed by atoms with Crippen molar-refractivity contribution in [2.75, 3.05) is 18.4 Å². The number of pyridine rings is 1. The van der Waals surface area contributed by atoms with Gasteiger partial charge in [0.15, 0.2) is 5.78 Å². The van der Waals surface area contributed by atoms with Gasteiger partial charge in [-0.1, -0.05) is 41.7 Å². The second-order valence-corrected chi connectivity index (χ2v) is 8.44. The molecule has 1 saturated carbocycles. The van der Waals surface area contributed by atoms with E-state index >= 15 is 0 Å². The van der Waals surface area contributed by atoms with Crippen LogP contribution in [0.15, 0.2) is 47.3 Å². The molecule has 1 aromatic carbocycles. The van der Waals surface area contributed by atoms with Crippen molar-refractivity contribution in [2.45, 2.75) is 25.4 Å². The molecule has 5 nitrogen and oxygen atoms in total. The number of hydrogen-bond donors (Lipinski definition) is 2. The lowest BCUT2D eigenvalue weighted by Crippen LogP contribution is -2.51. The summed E-state index contributed by atoms with van der Waals surface area (Å²) in [5, 5.41) is 8.53. The number of rotatable bonds is 6. The van der Waals surface area contributed by atoms with E-state index in [4.69, 9.17) is 0 Å². The number of nitrogens with one attached hydrogen (secondary N) is 2. The maximum atomic E-state index is 13.3. The maximum Gasteiger partial charge on any atom is 0.251 e. The summed E-state index contributed by atoms with van der Waals surface area (Å²) in [6.07, 6.45) is 2.37. The highest BCUT2D eigenvalue weighted by molar-refractivity contribution is 7.23. The summed E-state index contributed by atoms with van der Waals surface area (Å²) in [5.41, 5.74) is 1.38. The van der Waals surface area contributed by atoms with Crippen molar-refractivity contribution in [1.82, 2.24) is 9.88 Å². The Balaban J connectivity index is 1.67. The summed E-state index contributed by atoms with van der Waals surface area (Å²) >= 11 is 1.54. The molecule has 2 N–H and O–H groups in total. The van der Waals surface area contributed by atoms with Gasteiger partial charge in [-0.15, -0.1) is 0 Å². The van der Waals surface area contributed by atoms with Gasteiger partial charge >= 0.3 is 0 Å². The molecule has 1 aliphatic carbocycles. The lowest BCUT2D eigenvalue weighted by molar-refractivity contribution is 0.104. The maximum absolute atomic E-state index is 13.3. The molecule has 0 amide bonds. The Bertz CT molecular complexity index is 1060. The van der Waals surface area contributed by atoms with Gasteiger partial charge in [-0.05, 0) is 24.8 Å². The Hall–Kier alpha value is -2.44. The van der Waals surface area contributed by atoms with E-state index < -0.39 is 0 Å². The van der Waals surface area contributed by atoms with Gasteiger partial charge in [0.25, 0.3) is 5.56 Å². The predicted octanol–water partition coefficient (Wildman–Crippen LogP) is 3.09. The lowest BCUT2D eigenvalue weighted by Gasteiger charge is -2.28. The number of anilines is 1. The van der Waals surface area contributed by atoms with Crippen molar-refractivity contribution in [1.29, 1.82) is 0 Å². The fourth-order valence-electron chi connectivity index (χ4n) is 3.50. The molecular weight excluding hydrogens is 358 g/mol. The van der Waals surface area contributed by atoms with Crippen LogP contribution in [0.25, 0.3) is 10.2 Å². The number of ketones is 1. The minimum atomic E-state index is 0.00764. The van der Waals surface area contributed by atoms with Gasteiger partial charge in [-0.2, -0.15) is 0 Å². The number of carbonyl (C=O) groups excluding carboxylic acids is 1. The van der Waals surface area contributed by atoms with Crippen LogP contribution in [0.4, 0.5) is 5.00 Å². The number of aromatic nitrogens is 1. The van der Waals surface area contributed by atoms with E-state index in [1.807, 2.05) is 41.0 Å². The highest BCUT2D eigenvalue weighted by Crippen LogP contribution is 2.39. The van der Waals surface area contributed by atoms with Gasteiger partial charge in [-0.25, -0.2) is 0 Å². The number of hydrogen-bond acceptors (Lipinski definition) is 5. The van der Waals surface area contributed by atoms with Crippen LogP contribution >= 0.6 is 11.3 Å². The minimum Gasteiger partial charge on any atom is -0.371 e. The summed E-state index contributed by atoms with van der Waals surface area (Å²) < 4.78 is 1.86. The fraction of sp³-hybridized carbons (Fsp3) is 0.333. The third-order valence-corrected chi connectivity index (χ3v) is 6.51. The molecule has 27 heavy (non-hydrogen) atoms. The second kappa shape index (κ2) is 6.62. The summed E-state index contributed by atoms with van der Waals surface area (Å²) in [7, 11) is 0. The van der Waals surface area contributed by atoms with Crippen molar-refractivity contribution in [3.05, 3.63) is 63.9 Å². The minimum absolute atomic E-state index is 0.00764. The smallest absolute Gasteiger partial charge is 0.251 e. The molecule has 0 radical (unpaired) electrons. The van der Waals surface area contributed by atoms with Crippen LogP contribution in [-0.2, 0) is 6.54 Å². The van der Waals surface area contributed by atoms with Gasteiger partial charge in [0, 0.05) is 36.7 Å². The van der Waals surface area contributed by atoms with Gasteiger partial charge in [0.1, 0.15) is 9.83 Å². The van der Waals surface area contributed by atoms with Crippen LogP contribution in [0, 0.1) is 5.92 Å². The number of carbonyl (C=O) groups is 1. The first-order chi connectivity index (χ1) is 13.2. The van der Waals surface area contributed by atoms with Crippen LogP contribution < -0.4 is 16.2 Å². The summed E-state index contributed by atoms with van der Waals surface area (Å²) in [5.74, 6) is 0.601. The van der Waals surface area contributed by atoms with Crippen molar-refractivity contribution >= 4 is 32.3 Å². The molecule has 2 fully saturated rings. The summed E-state index contributed by atoms with van der Waals surface area (Å²) in [4.78, 5) is 26.7. The van der Waals surface area contributed by atoms with E-state index in [-0.39, 0.29) is 11.3 Å². The molecule has 2 aromatic heterocycles. The molecule has 2 aliphatic rings. The van der Waals surface area contributed by atoms with E-state index in [0.717, 1.165) is 34.9 Å². The van der Waals surface area contributed by atoms with E-state index in [2.05, 4.69) is 10.6 Å². The van der Waals surface area contributed by atoms with Crippen molar-refractivity contribution in [2.24, 2.45) is 5.92 Å². The first kappa shape index (κ1) is 16.7. The lowest BCUT2D eigenvalue weighted by atomic mass is 10.0.